The Labute approximate surface area is 145 Å². The number of fused-ring (bicyclic) bond motifs is 1. The molecule has 0 saturated heterocycles. The molecule has 0 spiro atoms. The topological polar surface area (TPSA) is 106 Å². The predicted octanol–water partition coefficient (Wildman–Crippen LogP) is 2.22. The minimum atomic E-state index is -4.45. The molecule has 1 atom stereocenters. The zero-order chi connectivity index (χ0) is 19.5. The highest BCUT2D eigenvalue weighted by molar-refractivity contribution is 5.60. The van der Waals surface area contributed by atoms with E-state index < -0.39 is 18.8 Å². The molecule has 3 aromatic heterocycles. The molecule has 0 saturated carbocycles. The molecule has 0 radical (unpaired) electrons. The van der Waals surface area contributed by atoms with E-state index in [1.165, 1.54) is 6.92 Å². The molecule has 3 rings (SSSR count). The number of carbonyl (C=O) groups is 1. The van der Waals surface area contributed by atoms with Gasteiger partial charge < -0.3 is 14.6 Å². The van der Waals surface area contributed by atoms with Crippen molar-refractivity contribution in [2.24, 2.45) is 0 Å². The van der Waals surface area contributed by atoms with Crippen LogP contribution in [0, 0.1) is 6.92 Å². The molecule has 1 unspecified atom stereocenters. The number of alkyl halides is 3. The van der Waals surface area contributed by atoms with Gasteiger partial charge in [-0.1, -0.05) is 6.07 Å². The Kier molecular flexibility index (Phi) is 5.60. The van der Waals surface area contributed by atoms with Gasteiger partial charge in [0.1, 0.15) is 24.0 Å². The average Bonchev–Trinajstić information content (AvgIpc) is 3.08. The third kappa shape index (κ3) is 4.17. The summed E-state index contributed by atoms with van der Waals surface area (Å²) in [6.07, 6.45) is -3.76. The quantitative estimate of drug-likeness (QED) is 0.684. The molecular weight excluding hydrogens is 355 g/mol. The predicted molar refractivity (Wildman–Crippen MR) is 84.3 cm³/mol. The number of aliphatic hydroxyl groups excluding tert-OH is 1. The van der Waals surface area contributed by atoms with Gasteiger partial charge in [0.15, 0.2) is 11.6 Å². The summed E-state index contributed by atoms with van der Waals surface area (Å²) in [5, 5.41) is 20.2. The van der Waals surface area contributed by atoms with Crippen LogP contribution in [0.25, 0.3) is 17.2 Å². The lowest BCUT2D eigenvalue weighted by Crippen LogP contribution is -2.20. The van der Waals surface area contributed by atoms with E-state index in [-0.39, 0.29) is 18.1 Å². The highest BCUT2D eigenvalue weighted by atomic mass is 19.4. The second-order valence-corrected chi connectivity index (χ2v) is 5.32. The first-order valence-electron chi connectivity index (χ1n) is 7.39. The van der Waals surface area contributed by atoms with E-state index in [0.717, 1.165) is 4.68 Å². The van der Waals surface area contributed by atoms with Crippen molar-refractivity contribution in [1.82, 2.24) is 24.1 Å². The summed E-state index contributed by atoms with van der Waals surface area (Å²) in [6.45, 7) is 1.59. The molecule has 11 heteroatoms. The van der Waals surface area contributed by atoms with Crippen LogP contribution >= 0.6 is 0 Å². The van der Waals surface area contributed by atoms with Gasteiger partial charge in [-0.15, -0.1) is 0 Å². The molecule has 0 fully saturated rings. The second kappa shape index (κ2) is 7.52. The van der Waals surface area contributed by atoms with Crippen molar-refractivity contribution >= 4 is 12.1 Å². The van der Waals surface area contributed by atoms with Crippen molar-refractivity contribution in [3.63, 3.8) is 0 Å². The fourth-order valence-corrected chi connectivity index (χ4v) is 2.32. The third-order valence-electron chi connectivity index (χ3n) is 3.37. The van der Waals surface area contributed by atoms with Crippen molar-refractivity contribution in [3.05, 3.63) is 35.9 Å². The molecule has 0 aliphatic rings. The number of rotatable bonds is 3. The smallest absolute Gasteiger partial charge is 0.408 e. The van der Waals surface area contributed by atoms with Gasteiger partial charge >= 0.3 is 6.18 Å². The zero-order valence-corrected chi connectivity index (χ0v) is 13.8. The third-order valence-corrected chi connectivity index (χ3v) is 3.37. The van der Waals surface area contributed by atoms with Gasteiger partial charge in [0.05, 0.1) is 5.69 Å². The van der Waals surface area contributed by atoms with Crippen LogP contribution in [0.3, 0.4) is 0 Å². The van der Waals surface area contributed by atoms with E-state index >= 15 is 0 Å². The number of hydrogen-bond acceptors (Lipinski definition) is 5. The number of nitrogens with zero attached hydrogens (tertiary/aromatic N) is 5. The molecule has 2 N–H and O–H groups in total. The summed E-state index contributed by atoms with van der Waals surface area (Å²) in [6, 6.07) is 5.33. The van der Waals surface area contributed by atoms with E-state index in [1.807, 2.05) is 0 Å². The van der Waals surface area contributed by atoms with Crippen LogP contribution in [0.15, 0.2) is 24.4 Å². The van der Waals surface area contributed by atoms with Crippen LogP contribution in [0.5, 0.6) is 0 Å². The number of pyridine rings is 1. The molecule has 0 aromatic carbocycles. The first-order valence-corrected chi connectivity index (χ1v) is 7.39. The molecule has 0 aliphatic heterocycles. The summed E-state index contributed by atoms with van der Waals surface area (Å²) in [5.41, 5.74) is 1.55. The standard InChI is InChI=1S/C14H14F3N5O.CH2O2/c1-8-11(18-10-5-3-4-6-21(8)10)13-19-12(9(2)23)20-22(13)7-14(15,16)17;2-1-3/h3-6,9,23H,7H2,1-2H3;1H,(H,2,3). The maximum absolute atomic E-state index is 12.8. The van der Waals surface area contributed by atoms with Crippen LogP contribution in [-0.4, -0.2) is 47.0 Å². The van der Waals surface area contributed by atoms with E-state index in [4.69, 9.17) is 9.90 Å². The van der Waals surface area contributed by atoms with Crippen LogP contribution in [-0.2, 0) is 11.3 Å². The van der Waals surface area contributed by atoms with Gasteiger partial charge in [-0.3, -0.25) is 4.79 Å². The fourth-order valence-electron chi connectivity index (χ4n) is 2.32. The fraction of sp³-hybridized carbons (Fsp3) is 0.333. The van der Waals surface area contributed by atoms with Gasteiger partial charge in [-0.05, 0) is 26.0 Å². The maximum Gasteiger partial charge on any atom is 0.408 e. The first kappa shape index (κ1) is 19.4. The van der Waals surface area contributed by atoms with Gasteiger partial charge in [0.25, 0.3) is 6.47 Å². The Morgan fingerprint density at radius 2 is 1.96 bits per heavy atom. The molecule has 140 valence electrons. The van der Waals surface area contributed by atoms with Crippen molar-refractivity contribution in [2.75, 3.05) is 0 Å². The molecule has 8 nitrogen and oxygen atoms in total. The van der Waals surface area contributed by atoms with Gasteiger partial charge in [0.2, 0.25) is 0 Å². The zero-order valence-electron chi connectivity index (χ0n) is 13.8. The van der Waals surface area contributed by atoms with E-state index in [2.05, 4.69) is 15.1 Å². The first-order chi connectivity index (χ1) is 12.2. The van der Waals surface area contributed by atoms with E-state index in [1.54, 1.807) is 35.7 Å². The van der Waals surface area contributed by atoms with Crippen molar-refractivity contribution in [1.29, 1.82) is 0 Å². The van der Waals surface area contributed by atoms with Gasteiger partial charge in [-0.25, -0.2) is 14.6 Å². The lowest BCUT2D eigenvalue weighted by atomic mass is 10.3. The monoisotopic (exact) mass is 371 g/mol. The Morgan fingerprint density at radius 3 is 2.50 bits per heavy atom. The van der Waals surface area contributed by atoms with Crippen LogP contribution in [0.2, 0.25) is 0 Å². The SMILES string of the molecule is Cc1c(-c2nc(C(C)O)nn2CC(F)(F)F)nc2ccccn12.O=CO. The minimum Gasteiger partial charge on any atom is -0.483 e. The molecule has 3 heterocycles. The maximum atomic E-state index is 12.8. The highest BCUT2D eigenvalue weighted by Crippen LogP contribution is 2.26. The van der Waals surface area contributed by atoms with E-state index in [9.17, 15) is 18.3 Å². The Balaban J connectivity index is 0.000000758. The number of aryl methyl sites for hydroxylation is 1. The lowest BCUT2D eigenvalue weighted by molar-refractivity contribution is -0.142. The molecule has 0 bridgehead atoms. The Hall–Kier alpha value is -2.95. The van der Waals surface area contributed by atoms with Crippen LogP contribution in [0.1, 0.15) is 24.5 Å². The average molecular weight is 371 g/mol. The summed E-state index contributed by atoms with van der Waals surface area (Å²) in [5.74, 6) is -0.0832. The summed E-state index contributed by atoms with van der Waals surface area (Å²) >= 11 is 0. The van der Waals surface area contributed by atoms with E-state index in [0.29, 0.717) is 17.0 Å². The van der Waals surface area contributed by atoms with Gasteiger partial charge in [0, 0.05) is 6.20 Å². The summed E-state index contributed by atoms with van der Waals surface area (Å²) in [4.78, 5) is 16.7. The second-order valence-electron chi connectivity index (χ2n) is 5.32. The molecule has 0 amide bonds. The largest absolute Gasteiger partial charge is 0.483 e. The van der Waals surface area contributed by atoms with Gasteiger partial charge in [-0.2, -0.15) is 18.3 Å². The molecular formula is C15H16F3N5O3. The summed E-state index contributed by atoms with van der Waals surface area (Å²) in [7, 11) is 0. The molecule has 0 aliphatic carbocycles. The number of aromatic nitrogens is 5. The van der Waals surface area contributed by atoms with Crippen LogP contribution < -0.4 is 0 Å². The Morgan fingerprint density at radius 1 is 1.31 bits per heavy atom. The van der Waals surface area contributed by atoms with Crippen LogP contribution in [0.4, 0.5) is 13.2 Å². The van der Waals surface area contributed by atoms with Crippen molar-refractivity contribution in [2.45, 2.75) is 32.7 Å². The minimum absolute atomic E-state index is 0.0144. The molecule has 26 heavy (non-hydrogen) atoms. The van der Waals surface area contributed by atoms with Crippen molar-refractivity contribution < 1.29 is 28.2 Å². The number of carboxylic acid groups (broad SMARTS) is 1. The lowest BCUT2D eigenvalue weighted by Gasteiger charge is -2.08. The highest BCUT2D eigenvalue weighted by Gasteiger charge is 2.32. The number of halogens is 3. The number of imidazole rings is 1. The Bertz CT molecular complexity index is 902. The number of hydrogen-bond donors (Lipinski definition) is 2. The normalized spacial score (nSPS) is 12.5. The summed E-state index contributed by atoms with van der Waals surface area (Å²) < 4.78 is 40.8. The van der Waals surface area contributed by atoms with Crippen molar-refractivity contribution in [3.8, 4) is 11.5 Å². The molecule has 3 aromatic rings. The number of aliphatic hydroxyl groups is 1.